The summed E-state index contributed by atoms with van der Waals surface area (Å²) in [5.74, 6) is 0. The van der Waals surface area contributed by atoms with Gasteiger partial charge in [-0.2, -0.15) is 0 Å². The molecule has 2 aromatic heterocycles. The summed E-state index contributed by atoms with van der Waals surface area (Å²) in [5.41, 5.74) is -0.852. The Hall–Kier alpha value is -1.32. The first-order valence-electron chi connectivity index (χ1n) is 5.96. The smallest absolute Gasteiger partial charge is 0.168 e. The Morgan fingerprint density at radius 3 is 2.85 bits per heavy atom. The van der Waals surface area contributed by atoms with Crippen molar-refractivity contribution in [2.45, 2.75) is 31.0 Å². The number of hydrogen-bond acceptors (Lipinski definition) is 7. The van der Waals surface area contributed by atoms with E-state index in [1.807, 2.05) is 0 Å². The van der Waals surface area contributed by atoms with Gasteiger partial charge in [0.2, 0.25) is 0 Å². The molecular weight excluding hydrogens is 288 g/mol. The molecule has 0 aromatic carbocycles. The Balaban J connectivity index is 2.10. The molecule has 108 valence electrons. The van der Waals surface area contributed by atoms with Gasteiger partial charge in [-0.3, -0.25) is 4.57 Å². The zero-order chi connectivity index (χ0) is 14.5. The van der Waals surface area contributed by atoms with E-state index in [-0.39, 0.29) is 5.15 Å². The molecule has 2 aromatic rings. The zero-order valence-corrected chi connectivity index (χ0v) is 11.3. The van der Waals surface area contributed by atoms with E-state index < -0.39 is 30.6 Å². The molecule has 20 heavy (non-hydrogen) atoms. The molecule has 0 aliphatic carbocycles. The van der Waals surface area contributed by atoms with Gasteiger partial charge in [0.1, 0.15) is 29.7 Å². The van der Waals surface area contributed by atoms with Crippen LogP contribution in [0.3, 0.4) is 0 Å². The van der Waals surface area contributed by atoms with Crippen LogP contribution in [0, 0.1) is 0 Å². The van der Waals surface area contributed by atoms with E-state index in [0.717, 1.165) is 0 Å². The molecule has 0 radical (unpaired) electrons. The number of hydrogen-bond donors (Lipinski definition) is 3. The monoisotopic (exact) mass is 300 g/mol. The lowest BCUT2D eigenvalue weighted by molar-refractivity contribution is -0.0950. The lowest BCUT2D eigenvalue weighted by atomic mass is 9.96. The number of rotatable bonds is 2. The van der Waals surface area contributed by atoms with Crippen molar-refractivity contribution in [3.8, 4) is 0 Å². The van der Waals surface area contributed by atoms with Crippen LogP contribution in [-0.4, -0.2) is 59.3 Å². The van der Waals surface area contributed by atoms with E-state index in [1.165, 1.54) is 24.1 Å². The van der Waals surface area contributed by atoms with Crippen LogP contribution in [0.4, 0.5) is 0 Å². The maximum Gasteiger partial charge on any atom is 0.168 e. The minimum atomic E-state index is -1.60. The number of ether oxygens (including phenoxy) is 1. The fourth-order valence-electron chi connectivity index (χ4n) is 2.39. The first-order valence-corrected chi connectivity index (χ1v) is 6.34. The lowest BCUT2D eigenvalue weighted by Gasteiger charge is -2.27. The van der Waals surface area contributed by atoms with Crippen molar-refractivity contribution in [1.29, 1.82) is 0 Å². The molecule has 4 atom stereocenters. The minimum Gasteiger partial charge on any atom is -0.394 e. The molecule has 8 nitrogen and oxygen atoms in total. The number of imidazole rings is 1. The number of aliphatic hydroxyl groups is 3. The quantitative estimate of drug-likeness (QED) is 0.640. The van der Waals surface area contributed by atoms with Crippen molar-refractivity contribution in [3.05, 3.63) is 17.8 Å². The molecule has 0 saturated carbocycles. The summed E-state index contributed by atoms with van der Waals surface area (Å²) >= 11 is 5.91. The van der Waals surface area contributed by atoms with Crippen LogP contribution >= 0.6 is 11.6 Å². The van der Waals surface area contributed by atoms with Crippen LogP contribution in [0.25, 0.3) is 11.2 Å². The maximum absolute atomic E-state index is 10.4. The average Bonchev–Trinajstić information content (AvgIpc) is 2.92. The molecule has 0 amide bonds. The van der Waals surface area contributed by atoms with Crippen molar-refractivity contribution >= 4 is 22.8 Å². The Kier molecular flexibility index (Phi) is 3.14. The second-order valence-electron chi connectivity index (χ2n) is 4.87. The van der Waals surface area contributed by atoms with Crippen LogP contribution in [0.5, 0.6) is 0 Å². The highest BCUT2D eigenvalue weighted by molar-refractivity contribution is 6.33. The lowest BCUT2D eigenvalue weighted by Crippen LogP contribution is -2.44. The molecule has 1 saturated heterocycles. The summed E-state index contributed by atoms with van der Waals surface area (Å²) in [6.07, 6.45) is -0.383. The summed E-state index contributed by atoms with van der Waals surface area (Å²) in [5, 5.41) is 29.8. The van der Waals surface area contributed by atoms with Gasteiger partial charge in [0.25, 0.3) is 0 Å². The molecule has 0 bridgehead atoms. The molecule has 0 unspecified atom stereocenters. The Labute approximate surface area is 118 Å². The molecule has 3 heterocycles. The van der Waals surface area contributed by atoms with Gasteiger partial charge < -0.3 is 20.1 Å². The normalized spacial score (nSPS) is 34.0. The third-order valence-electron chi connectivity index (χ3n) is 3.50. The van der Waals surface area contributed by atoms with Crippen molar-refractivity contribution in [2.75, 3.05) is 6.61 Å². The van der Waals surface area contributed by atoms with Crippen molar-refractivity contribution < 1.29 is 20.1 Å². The summed E-state index contributed by atoms with van der Waals surface area (Å²) in [6.45, 7) is 1.02. The molecule has 9 heteroatoms. The van der Waals surface area contributed by atoms with Crippen molar-refractivity contribution in [2.24, 2.45) is 0 Å². The molecule has 1 aliphatic heterocycles. The number of fused-ring (bicyclic) bond motifs is 1. The second-order valence-corrected chi connectivity index (χ2v) is 5.23. The van der Waals surface area contributed by atoms with Crippen molar-refractivity contribution in [3.63, 3.8) is 0 Å². The molecule has 1 fully saturated rings. The van der Waals surface area contributed by atoms with Gasteiger partial charge in [-0.05, 0) is 6.92 Å². The summed E-state index contributed by atoms with van der Waals surface area (Å²) < 4.78 is 6.96. The standard InChI is InChI=1S/C11H13ClN4O4/c1-11(19)7(18)5(2-17)20-10(11)16-4-15-6-8(12)13-3-14-9(6)16/h3-5,7,10,17-19H,2H2,1H3/t5-,7-,10+,11+/m1/s1. The van der Waals surface area contributed by atoms with E-state index in [1.54, 1.807) is 0 Å². The average molecular weight is 301 g/mol. The Bertz CT molecular complexity index is 646. The Morgan fingerprint density at radius 2 is 2.20 bits per heavy atom. The summed E-state index contributed by atoms with van der Waals surface area (Å²) in [6, 6.07) is 0. The number of aliphatic hydroxyl groups excluding tert-OH is 2. The first kappa shape index (κ1) is 13.7. The van der Waals surface area contributed by atoms with Crippen LogP contribution in [-0.2, 0) is 4.74 Å². The summed E-state index contributed by atoms with van der Waals surface area (Å²) in [7, 11) is 0. The minimum absolute atomic E-state index is 0.186. The van der Waals surface area contributed by atoms with Crippen LogP contribution in [0.2, 0.25) is 5.15 Å². The van der Waals surface area contributed by atoms with Gasteiger partial charge in [-0.15, -0.1) is 0 Å². The van der Waals surface area contributed by atoms with E-state index in [0.29, 0.717) is 11.2 Å². The largest absolute Gasteiger partial charge is 0.394 e. The van der Waals surface area contributed by atoms with E-state index in [9.17, 15) is 15.3 Å². The SMILES string of the molecule is C[C@]1(O)[C@H](O)[C@@H](CO)O[C@@H]1n1cnc2c(Cl)ncnc21. The van der Waals surface area contributed by atoms with Gasteiger partial charge in [0.05, 0.1) is 12.9 Å². The van der Waals surface area contributed by atoms with Crippen LogP contribution < -0.4 is 0 Å². The molecule has 1 aliphatic rings. The van der Waals surface area contributed by atoms with Crippen LogP contribution in [0.15, 0.2) is 12.7 Å². The fourth-order valence-corrected chi connectivity index (χ4v) is 2.56. The van der Waals surface area contributed by atoms with E-state index in [2.05, 4.69) is 15.0 Å². The highest BCUT2D eigenvalue weighted by atomic mass is 35.5. The number of aromatic nitrogens is 4. The predicted molar refractivity (Wildman–Crippen MR) is 68.0 cm³/mol. The van der Waals surface area contributed by atoms with Crippen molar-refractivity contribution in [1.82, 2.24) is 19.5 Å². The molecular formula is C11H13ClN4O4. The van der Waals surface area contributed by atoms with Gasteiger partial charge in [-0.1, -0.05) is 11.6 Å². The predicted octanol–water partition coefficient (Wildman–Crippen LogP) is -0.519. The fraction of sp³-hybridized carbons (Fsp3) is 0.545. The third-order valence-corrected chi connectivity index (χ3v) is 3.78. The summed E-state index contributed by atoms with van der Waals surface area (Å²) in [4.78, 5) is 11.9. The third kappa shape index (κ3) is 1.80. The molecule has 0 spiro atoms. The first-order chi connectivity index (χ1) is 9.46. The zero-order valence-electron chi connectivity index (χ0n) is 10.5. The van der Waals surface area contributed by atoms with Gasteiger partial charge in [0, 0.05) is 0 Å². The highest BCUT2D eigenvalue weighted by Gasteiger charge is 2.53. The van der Waals surface area contributed by atoms with Gasteiger partial charge >= 0.3 is 0 Å². The second kappa shape index (κ2) is 4.61. The topological polar surface area (TPSA) is 114 Å². The van der Waals surface area contributed by atoms with Gasteiger partial charge in [0.15, 0.2) is 17.0 Å². The van der Waals surface area contributed by atoms with E-state index >= 15 is 0 Å². The van der Waals surface area contributed by atoms with E-state index in [4.69, 9.17) is 16.3 Å². The molecule has 3 N–H and O–H groups in total. The number of nitrogens with zero attached hydrogens (tertiary/aromatic N) is 4. The molecule has 3 rings (SSSR count). The highest BCUT2D eigenvalue weighted by Crippen LogP contribution is 2.39. The Morgan fingerprint density at radius 1 is 1.45 bits per heavy atom. The van der Waals surface area contributed by atoms with Crippen LogP contribution in [0.1, 0.15) is 13.2 Å². The number of halogens is 1. The maximum atomic E-state index is 10.4. The van der Waals surface area contributed by atoms with Gasteiger partial charge in [-0.25, -0.2) is 15.0 Å².